The van der Waals surface area contributed by atoms with Crippen molar-refractivity contribution in [3.05, 3.63) is 107 Å². The monoisotopic (exact) mass is 542 g/mol. The standard InChI is InChI=1S/C30H31N5O5/c1-21(36)35(3,26(18-27(37)38)24-12-8-5-9-13-24)34-28(39)30(2,25-16-14-22(15-17-25)19-32-31)33(29(34)40)20-23-10-6-4-7-11-23/h4-17,19,26H,18,20,31H2,1-3H3/p+1/t26-,30+,35-/m0/s1. The second-order valence-electron chi connectivity index (χ2n) is 10.0. The molecule has 0 aliphatic carbocycles. The van der Waals surface area contributed by atoms with Gasteiger partial charge in [0.1, 0.15) is 13.5 Å². The molecule has 1 aliphatic rings. The summed E-state index contributed by atoms with van der Waals surface area (Å²) in [4.78, 5) is 55.8. The molecule has 1 heterocycles. The number of hydrogen-bond donors (Lipinski definition) is 2. The molecule has 0 saturated carbocycles. The Kier molecular flexibility index (Phi) is 7.83. The van der Waals surface area contributed by atoms with Gasteiger partial charge in [-0.05, 0) is 23.6 Å². The number of imide groups is 1. The van der Waals surface area contributed by atoms with Crippen LogP contribution in [0, 0.1) is 0 Å². The maximum absolute atomic E-state index is 14.5. The number of hydrazone groups is 1. The third kappa shape index (κ3) is 4.85. The molecule has 3 aromatic rings. The number of quaternary nitrogens is 1. The molecule has 0 unspecified atom stereocenters. The Labute approximate surface area is 232 Å². The van der Waals surface area contributed by atoms with Gasteiger partial charge in [-0.25, -0.2) is 9.59 Å². The summed E-state index contributed by atoms with van der Waals surface area (Å²) in [5.41, 5.74) is 1.00. The molecule has 0 bridgehead atoms. The number of nitrogens with zero attached hydrogens (tertiary/aromatic N) is 4. The van der Waals surface area contributed by atoms with E-state index in [1.807, 2.05) is 30.3 Å². The number of carbonyl (C=O) groups excluding carboxylic acids is 3. The van der Waals surface area contributed by atoms with Crippen molar-refractivity contribution in [2.75, 3.05) is 7.05 Å². The molecule has 0 spiro atoms. The van der Waals surface area contributed by atoms with Gasteiger partial charge in [0, 0.05) is 12.1 Å². The average molecular weight is 543 g/mol. The lowest BCUT2D eigenvalue weighted by Crippen LogP contribution is -2.64. The van der Waals surface area contributed by atoms with Crippen LogP contribution in [0.25, 0.3) is 0 Å². The van der Waals surface area contributed by atoms with Crippen molar-refractivity contribution < 1.29 is 28.9 Å². The number of carbonyl (C=O) groups is 4. The second-order valence-corrected chi connectivity index (χ2v) is 10.0. The molecule has 206 valence electrons. The van der Waals surface area contributed by atoms with Crippen molar-refractivity contribution in [1.82, 2.24) is 9.91 Å². The zero-order valence-electron chi connectivity index (χ0n) is 22.6. The van der Waals surface area contributed by atoms with Crippen molar-refractivity contribution in [3.8, 4) is 0 Å². The third-order valence-electron chi connectivity index (χ3n) is 7.65. The molecule has 1 aliphatic heterocycles. The summed E-state index contributed by atoms with van der Waals surface area (Å²) in [5, 5.41) is 14.3. The summed E-state index contributed by atoms with van der Waals surface area (Å²) in [6, 6.07) is 22.9. The Balaban J connectivity index is 1.91. The highest BCUT2D eigenvalue weighted by molar-refractivity contribution is 6.06. The van der Waals surface area contributed by atoms with E-state index >= 15 is 0 Å². The Morgan fingerprint density at radius 1 is 1.00 bits per heavy atom. The molecule has 10 heteroatoms. The van der Waals surface area contributed by atoms with E-state index in [0.29, 0.717) is 16.7 Å². The highest BCUT2D eigenvalue weighted by atomic mass is 16.4. The maximum atomic E-state index is 14.5. The number of carboxylic acid groups (broad SMARTS) is 1. The van der Waals surface area contributed by atoms with Gasteiger partial charge in [-0.3, -0.25) is 14.5 Å². The number of aliphatic carboxylic acids is 1. The number of rotatable bonds is 9. The number of benzene rings is 3. The molecule has 40 heavy (non-hydrogen) atoms. The number of carboxylic acids is 1. The van der Waals surface area contributed by atoms with Crippen LogP contribution in [0.3, 0.4) is 0 Å². The molecule has 3 N–H and O–H groups in total. The van der Waals surface area contributed by atoms with Crippen LogP contribution < -0.4 is 5.84 Å². The number of amides is 4. The first kappa shape index (κ1) is 28.2. The van der Waals surface area contributed by atoms with Gasteiger partial charge in [0.2, 0.25) is 0 Å². The van der Waals surface area contributed by atoms with Gasteiger partial charge >= 0.3 is 23.8 Å². The Hall–Kier alpha value is -4.83. The largest absolute Gasteiger partial charge is 0.481 e. The molecule has 10 nitrogen and oxygen atoms in total. The van der Waals surface area contributed by atoms with Crippen molar-refractivity contribution in [2.45, 2.75) is 38.4 Å². The van der Waals surface area contributed by atoms with Gasteiger partial charge in [-0.2, -0.15) is 5.10 Å². The first-order valence-corrected chi connectivity index (χ1v) is 12.7. The summed E-state index contributed by atoms with van der Waals surface area (Å²) in [7, 11) is 1.42. The van der Waals surface area contributed by atoms with Crippen molar-refractivity contribution in [2.24, 2.45) is 10.9 Å². The van der Waals surface area contributed by atoms with Crippen LogP contribution in [0.5, 0.6) is 0 Å². The smallest absolute Gasteiger partial charge is 0.374 e. The summed E-state index contributed by atoms with van der Waals surface area (Å²) in [6.45, 7) is 2.98. The van der Waals surface area contributed by atoms with Gasteiger partial charge < -0.3 is 10.9 Å². The van der Waals surface area contributed by atoms with E-state index in [2.05, 4.69) is 5.10 Å². The van der Waals surface area contributed by atoms with Gasteiger partial charge in [-0.1, -0.05) is 89.9 Å². The van der Waals surface area contributed by atoms with Gasteiger partial charge in [0.25, 0.3) is 0 Å². The molecule has 4 rings (SSSR count). The molecule has 1 fully saturated rings. The maximum Gasteiger partial charge on any atom is 0.374 e. The van der Waals surface area contributed by atoms with Crippen molar-refractivity contribution in [3.63, 3.8) is 0 Å². The molecule has 4 amide bonds. The lowest BCUT2D eigenvalue weighted by atomic mass is 9.89. The summed E-state index contributed by atoms with van der Waals surface area (Å²) in [5.74, 6) is 2.91. The zero-order valence-corrected chi connectivity index (χ0v) is 22.6. The van der Waals surface area contributed by atoms with E-state index in [4.69, 9.17) is 5.84 Å². The number of urea groups is 1. The first-order valence-electron chi connectivity index (χ1n) is 12.7. The third-order valence-corrected chi connectivity index (χ3v) is 7.65. The summed E-state index contributed by atoms with van der Waals surface area (Å²) >= 11 is 0. The van der Waals surface area contributed by atoms with Gasteiger partial charge in [0.05, 0.1) is 13.1 Å². The normalized spacial score (nSPS) is 19.6. The minimum Gasteiger partial charge on any atom is -0.481 e. The van der Waals surface area contributed by atoms with Crippen LogP contribution in [-0.2, 0) is 26.5 Å². The van der Waals surface area contributed by atoms with Gasteiger partial charge in [-0.15, -0.1) is 4.59 Å². The van der Waals surface area contributed by atoms with E-state index in [-0.39, 0.29) is 6.54 Å². The molecule has 3 aromatic carbocycles. The topological polar surface area (TPSA) is 133 Å². The minimum absolute atomic E-state index is 0.0806. The van der Waals surface area contributed by atoms with Crippen LogP contribution in [0.1, 0.15) is 48.6 Å². The minimum atomic E-state index is -1.51. The van der Waals surface area contributed by atoms with E-state index in [1.165, 1.54) is 25.1 Å². The highest BCUT2D eigenvalue weighted by Gasteiger charge is 2.65. The van der Waals surface area contributed by atoms with E-state index in [0.717, 1.165) is 10.6 Å². The van der Waals surface area contributed by atoms with Crippen LogP contribution in [0.15, 0.2) is 90.0 Å². The fourth-order valence-electron chi connectivity index (χ4n) is 5.26. The molecule has 3 atom stereocenters. The fraction of sp³-hybridized carbons (Fsp3) is 0.233. The van der Waals surface area contributed by atoms with Crippen LogP contribution >= 0.6 is 0 Å². The fourth-order valence-corrected chi connectivity index (χ4v) is 5.26. The van der Waals surface area contributed by atoms with Crippen molar-refractivity contribution >= 4 is 30.0 Å². The Morgan fingerprint density at radius 3 is 2.10 bits per heavy atom. The predicted octanol–water partition coefficient (Wildman–Crippen LogP) is 3.78. The van der Waals surface area contributed by atoms with Crippen molar-refractivity contribution in [1.29, 1.82) is 0 Å². The van der Waals surface area contributed by atoms with Crippen LogP contribution in [0.4, 0.5) is 4.79 Å². The highest BCUT2D eigenvalue weighted by Crippen LogP contribution is 2.44. The average Bonchev–Trinajstić information content (AvgIpc) is 3.14. The molecule has 0 aromatic heterocycles. The Morgan fingerprint density at radius 2 is 1.57 bits per heavy atom. The quantitative estimate of drug-likeness (QED) is 0.139. The van der Waals surface area contributed by atoms with Gasteiger partial charge in [0.15, 0.2) is 11.6 Å². The number of nitrogens with two attached hydrogens (primary N) is 1. The molecular weight excluding hydrogens is 510 g/mol. The lowest BCUT2D eigenvalue weighted by Gasteiger charge is -2.41. The first-order chi connectivity index (χ1) is 19.0. The lowest BCUT2D eigenvalue weighted by molar-refractivity contribution is -0.952. The molecule has 1 saturated heterocycles. The summed E-state index contributed by atoms with van der Waals surface area (Å²) in [6.07, 6.45) is 0.974. The van der Waals surface area contributed by atoms with Crippen LogP contribution in [-0.4, -0.2) is 56.7 Å². The van der Waals surface area contributed by atoms with E-state index in [9.17, 15) is 24.3 Å². The zero-order chi connectivity index (χ0) is 29.1. The molecule has 0 radical (unpaired) electrons. The molecular formula is C30H32N5O5+. The second kappa shape index (κ2) is 11.1. The summed E-state index contributed by atoms with van der Waals surface area (Å²) < 4.78 is -0.868. The SMILES string of the molecule is CC(=O)[N@@+](C)([C@@H](CC(=O)O)c1ccccc1)N1C(=O)N(Cc2ccccc2)[C@](C)(c2ccc(C=NN)cc2)C1=O. The van der Waals surface area contributed by atoms with E-state index < -0.39 is 46.4 Å². The Bertz CT molecular complexity index is 1440. The number of hydrogen-bond acceptors (Lipinski definition) is 6. The van der Waals surface area contributed by atoms with Crippen LogP contribution in [0.2, 0.25) is 0 Å². The van der Waals surface area contributed by atoms with E-state index in [1.54, 1.807) is 61.5 Å². The predicted molar refractivity (Wildman–Crippen MR) is 148 cm³/mol.